The molecule has 132 valence electrons. The van der Waals surface area contributed by atoms with Crippen molar-refractivity contribution in [2.75, 3.05) is 19.0 Å². The molecule has 0 atom stereocenters. The summed E-state index contributed by atoms with van der Waals surface area (Å²) in [6, 6.07) is 1.51. The first kappa shape index (κ1) is 17.2. The lowest BCUT2D eigenvalue weighted by Gasteiger charge is -2.25. The third kappa shape index (κ3) is 3.27. The molecular formula is C16H17N3O5S. The van der Waals surface area contributed by atoms with E-state index < -0.39 is 11.9 Å². The van der Waals surface area contributed by atoms with Crippen molar-refractivity contribution in [2.24, 2.45) is 0 Å². The maximum absolute atomic E-state index is 12.3. The van der Waals surface area contributed by atoms with Gasteiger partial charge in [0.2, 0.25) is 5.91 Å². The van der Waals surface area contributed by atoms with E-state index in [4.69, 9.17) is 9.26 Å². The van der Waals surface area contributed by atoms with Gasteiger partial charge in [-0.15, -0.1) is 11.3 Å². The lowest BCUT2D eigenvalue weighted by Crippen LogP contribution is -2.33. The molecule has 1 aliphatic rings. The van der Waals surface area contributed by atoms with Gasteiger partial charge in [0.05, 0.1) is 19.2 Å². The number of hydrogen-bond donors (Lipinski definition) is 1. The molecule has 25 heavy (non-hydrogen) atoms. The third-order valence-electron chi connectivity index (χ3n) is 3.98. The average Bonchev–Trinajstić information content (AvgIpc) is 3.16. The zero-order chi connectivity index (χ0) is 18.1. The van der Waals surface area contributed by atoms with Crippen LogP contribution in [0.4, 0.5) is 5.00 Å². The van der Waals surface area contributed by atoms with Crippen molar-refractivity contribution in [2.45, 2.75) is 26.8 Å². The fourth-order valence-corrected chi connectivity index (χ4v) is 3.97. The topological polar surface area (TPSA) is 102 Å². The van der Waals surface area contributed by atoms with E-state index in [1.54, 1.807) is 11.8 Å². The highest BCUT2D eigenvalue weighted by Crippen LogP contribution is 2.37. The van der Waals surface area contributed by atoms with Crippen molar-refractivity contribution >= 4 is 34.1 Å². The number of ether oxygens (including phenoxy) is 1. The van der Waals surface area contributed by atoms with Crippen LogP contribution >= 0.6 is 11.3 Å². The van der Waals surface area contributed by atoms with E-state index in [-0.39, 0.29) is 11.6 Å². The second-order valence-corrected chi connectivity index (χ2v) is 6.77. The van der Waals surface area contributed by atoms with E-state index in [2.05, 4.69) is 10.5 Å². The summed E-state index contributed by atoms with van der Waals surface area (Å²) in [6.07, 6.45) is 0.536. The predicted octanol–water partition coefficient (Wildman–Crippen LogP) is 1.99. The van der Waals surface area contributed by atoms with Crippen LogP contribution in [0.3, 0.4) is 0 Å². The smallest absolute Gasteiger partial charge is 0.341 e. The largest absolute Gasteiger partial charge is 0.465 e. The number of aromatic nitrogens is 1. The first-order chi connectivity index (χ1) is 11.9. The molecule has 3 heterocycles. The molecular weight excluding hydrogens is 346 g/mol. The van der Waals surface area contributed by atoms with Gasteiger partial charge in [-0.25, -0.2) is 4.79 Å². The standard InChI is InChI=1S/C16H17N3O5S/c1-8-6-11(18-24-8)14(21)17-15-13(16(22)23-3)10-4-5-19(9(2)20)7-12(10)25-15/h6H,4-5,7H2,1-3H3,(H,17,21). The van der Waals surface area contributed by atoms with Crippen LogP contribution in [0.15, 0.2) is 10.6 Å². The second-order valence-electron chi connectivity index (χ2n) is 5.67. The van der Waals surface area contributed by atoms with Crippen LogP contribution < -0.4 is 5.32 Å². The van der Waals surface area contributed by atoms with Gasteiger partial charge in [0.25, 0.3) is 5.91 Å². The maximum atomic E-state index is 12.3. The number of carbonyl (C=O) groups excluding carboxylic acids is 3. The van der Waals surface area contributed by atoms with Gasteiger partial charge < -0.3 is 19.5 Å². The minimum absolute atomic E-state index is 0.0256. The quantitative estimate of drug-likeness (QED) is 0.837. The molecule has 2 aromatic rings. The molecule has 0 fully saturated rings. The highest BCUT2D eigenvalue weighted by atomic mass is 32.1. The number of amides is 2. The van der Waals surface area contributed by atoms with Crippen LogP contribution in [0.25, 0.3) is 0 Å². The highest BCUT2D eigenvalue weighted by Gasteiger charge is 2.30. The van der Waals surface area contributed by atoms with Crippen LogP contribution in [0.5, 0.6) is 0 Å². The molecule has 8 nitrogen and oxygen atoms in total. The Balaban J connectivity index is 1.94. The molecule has 0 radical (unpaired) electrons. The number of methoxy groups -OCH3 is 1. The Morgan fingerprint density at radius 3 is 2.76 bits per heavy atom. The van der Waals surface area contributed by atoms with Gasteiger partial charge in [-0.2, -0.15) is 0 Å². The Kier molecular flexibility index (Phi) is 4.58. The average molecular weight is 363 g/mol. The molecule has 0 bridgehead atoms. The number of rotatable bonds is 3. The number of nitrogens with zero attached hydrogens (tertiary/aromatic N) is 2. The third-order valence-corrected chi connectivity index (χ3v) is 5.11. The SMILES string of the molecule is COC(=O)c1c(NC(=O)c2cc(C)on2)sc2c1CCN(C(C)=O)C2. The fraction of sp³-hybridized carbons (Fsp3) is 0.375. The maximum Gasteiger partial charge on any atom is 0.341 e. The zero-order valence-electron chi connectivity index (χ0n) is 14.0. The first-order valence-electron chi connectivity index (χ1n) is 7.63. The van der Waals surface area contributed by atoms with Crippen LogP contribution in [-0.2, 0) is 22.5 Å². The summed E-state index contributed by atoms with van der Waals surface area (Å²) >= 11 is 1.27. The summed E-state index contributed by atoms with van der Waals surface area (Å²) in [7, 11) is 1.30. The number of fused-ring (bicyclic) bond motifs is 1. The summed E-state index contributed by atoms with van der Waals surface area (Å²) < 4.78 is 9.77. The zero-order valence-corrected chi connectivity index (χ0v) is 14.9. The van der Waals surface area contributed by atoms with Gasteiger partial charge in [0.1, 0.15) is 10.8 Å². The molecule has 0 spiro atoms. The van der Waals surface area contributed by atoms with Crippen molar-refractivity contribution in [3.63, 3.8) is 0 Å². The fourth-order valence-electron chi connectivity index (χ4n) is 2.72. The van der Waals surface area contributed by atoms with Crippen LogP contribution in [0, 0.1) is 6.92 Å². The molecule has 9 heteroatoms. The Morgan fingerprint density at radius 2 is 2.16 bits per heavy atom. The lowest BCUT2D eigenvalue weighted by molar-refractivity contribution is -0.129. The Hall–Kier alpha value is -2.68. The molecule has 0 saturated heterocycles. The Bertz CT molecular complexity index is 854. The van der Waals surface area contributed by atoms with Gasteiger partial charge in [0, 0.05) is 24.4 Å². The second kappa shape index (κ2) is 6.67. The number of hydrogen-bond acceptors (Lipinski definition) is 7. The monoisotopic (exact) mass is 363 g/mol. The van der Waals surface area contributed by atoms with Crippen LogP contribution in [0.2, 0.25) is 0 Å². The molecule has 2 aromatic heterocycles. The van der Waals surface area contributed by atoms with E-state index in [0.29, 0.717) is 35.8 Å². The first-order valence-corrected chi connectivity index (χ1v) is 8.45. The van der Waals surface area contributed by atoms with Crippen molar-refractivity contribution in [1.29, 1.82) is 0 Å². The highest BCUT2D eigenvalue weighted by molar-refractivity contribution is 7.17. The van der Waals surface area contributed by atoms with E-state index in [9.17, 15) is 14.4 Å². The van der Waals surface area contributed by atoms with Crippen LogP contribution in [-0.4, -0.2) is 41.5 Å². The van der Waals surface area contributed by atoms with Crippen molar-refractivity contribution < 1.29 is 23.6 Å². The molecule has 3 rings (SSSR count). The van der Waals surface area contributed by atoms with E-state index in [1.807, 2.05) is 0 Å². The van der Waals surface area contributed by atoms with Gasteiger partial charge in [-0.05, 0) is 18.9 Å². The van der Waals surface area contributed by atoms with E-state index in [0.717, 1.165) is 10.4 Å². The minimum Gasteiger partial charge on any atom is -0.465 e. The van der Waals surface area contributed by atoms with E-state index in [1.165, 1.54) is 31.4 Å². The van der Waals surface area contributed by atoms with Crippen LogP contribution in [0.1, 0.15) is 44.0 Å². The lowest BCUT2D eigenvalue weighted by atomic mass is 10.0. The molecule has 1 aliphatic heterocycles. The minimum atomic E-state index is -0.514. The predicted molar refractivity (Wildman–Crippen MR) is 89.6 cm³/mol. The van der Waals surface area contributed by atoms with Gasteiger partial charge in [-0.3, -0.25) is 9.59 Å². The van der Waals surface area contributed by atoms with Crippen molar-refractivity contribution in [1.82, 2.24) is 10.1 Å². The van der Waals surface area contributed by atoms with Crippen molar-refractivity contribution in [3.8, 4) is 0 Å². The summed E-state index contributed by atoms with van der Waals surface area (Å²) in [6.45, 7) is 4.14. The summed E-state index contributed by atoms with van der Waals surface area (Å²) in [5.41, 5.74) is 1.30. The summed E-state index contributed by atoms with van der Waals surface area (Å²) in [5, 5.41) is 6.78. The normalized spacial score (nSPS) is 13.3. The molecule has 0 aromatic carbocycles. The number of carbonyl (C=O) groups is 3. The van der Waals surface area contributed by atoms with Gasteiger partial charge in [0.15, 0.2) is 5.69 Å². The Morgan fingerprint density at radius 1 is 1.40 bits per heavy atom. The molecule has 0 saturated carbocycles. The number of nitrogens with one attached hydrogen (secondary N) is 1. The molecule has 0 unspecified atom stereocenters. The number of thiophene rings is 1. The van der Waals surface area contributed by atoms with Crippen molar-refractivity contribution in [3.05, 3.63) is 33.5 Å². The molecule has 1 N–H and O–H groups in total. The number of aryl methyl sites for hydroxylation is 1. The van der Waals surface area contributed by atoms with Gasteiger partial charge >= 0.3 is 5.97 Å². The number of esters is 1. The number of anilines is 1. The summed E-state index contributed by atoms with van der Waals surface area (Å²) in [4.78, 5) is 38.7. The summed E-state index contributed by atoms with van der Waals surface area (Å²) in [5.74, 6) is -0.493. The van der Waals surface area contributed by atoms with Gasteiger partial charge in [-0.1, -0.05) is 5.16 Å². The molecule has 2 amide bonds. The van der Waals surface area contributed by atoms with E-state index >= 15 is 0 Å². The molecule has 0 aliphatic carbocycles. The Labute approximate surface area is 147 Å².